The van der Waals surface area contributed by atoms with Gasteiger partial charge in [0.15, 0.2) is 0 Å². The van der Waals surface area contributed by atoms with Crippen LogP contribution in [0.15, 0.2) is 48.5 Å². The van der Waals surface area contributed by atoms with Gasteiger partial charge in [0.2, 0.25) is 0 Å². The molecule has 5 nitrogen and oxygen atoms in total. The van der Waals surface area contributed by atoms with Crippen LogP contribution in [-0.2, 0) is 6.54 Å². The van der Waals surface area contributed by atoms with Gasteiger partial charge in [0.1, 0.15) is 5.75 Å². The smallest absolute Gasteiger partial charge is 0.253 e. The Morgan fingerprint density at radius 1 is 1.12 bits per heavy atom. The van der Waals surface area contributed by atoms with Crippen LogP contribution in [0.4, 0.5) is 5.69 Å². The molecule has 0 unspecified atom stereocenters. The maximum Gasteiger partial charge on any atom is 0.253 e. The second-order valence-electron chi connectivity index (χ2n) is 6.56. The van der Waals surface area contributed by atoms with Crippen LogP contribution < -0.4 is 4.90 Å². The number of carbonyl (C=O) groups is 1. The van der Waals surface area contributed by atoms with Crippen molar-refractivity contribution < 1.29 is 15.0 Å². The minimum absolute atomic E-state index is 0.0798. The highest BCUT2D eigenvalue weighted by molar-refractivity contribution is 5.94. The number of phenols is 1. The molecule has 1 aliphatic rings. The summed E-state index contributed by atoms with van der Waals surface area (Å²) in [5.74, 6) is 0.119. The molecule has 25 heavy (non-hydrogen) atoms. The van der Waals surface area contributed by atoms with Crippen LogP contribution in [0.2, 0.25) is 0 Å². The molecule has 2 aromatic rings. The van der Waals surface area contributed by atoms with Gasteiger partial charge in [-0.25, -0.2) is 0 Å². The van der Waals surface area contributed by atoms with Crippen molar-refractivity contribution in [1.82, 2.24) is 4.90 Å². The Bertz CT molecular complexity index is 722. The number of aliphatic hydroxyl groups is 1. The molecule has 3 rings (SSSR count). The first-order valence-corrected chi connectivity index (χ1v) is 8.60. The Morgan fingerprint density at radius 3 is 2.40 bits per heavy atom. The third-order valence-corrected chi connectivity index (χ3v) is 4.69. The van der Waals surface area contributed by atoms with Crippen LogP contribution in [0.25, 0.3) is 0 Å². The third kappa shape index (κ3) is 4.12. The van der Waals surface area contributed by atoms with E-state index in [4.69, 9.17) is 0 Å². The molecule has 1 heterocycles. The molecule has 0 aliphatic carbocycles. The zero-order valence-corrected chi connectivity index (χ0v) is 14.4. The molecular weight excluding hydrogens is 316 g/mol. The van der Waals surface area contributed by atoms with Gasteiger partial charge in [-0.2, -0.15) is 0 Å². The van der Waals surface area contributed by atoms with Crippen molar-refractivity contribution in [2.45, 2.75) is 25.5 Å². The minimum Gasteiger partial charge on any atom is -0.508 e. The van der Waals surface area contributed by atoms with E-state index in [1.807, 2.05) is 36.4 Å². The Kier molecular flexibility index (Phi) is 5.24. The molecule has 0 spiro atoms. The number of anilines is 1. The van der Waals surface area contributed by atoms with Crippen LogP contribution in [0.5, 0.6) is 5.75 Å². The number of aromatic hydroxyl groups is 1. The molecular formula is C20H24N2O3. The zero-order chi connectivity index (χ0) is 17.8. The molecule has 0 aromatic heterocycles. The molecule has 1 aliphatic heterocycles. The van der Waals surface area contributed by atoms with Crippen LogP contribution in [0.1, 0.15) is 28.8 Å². The molecule has 2 aromatic carbocycles. The van der Waals surface area contributed by atoms with Gasteiger partial charge in [0.05, 0.1) is 6.10 Å². The van der Waals surface area contributed by atoms with Crippen molar-refractivity contribution >= 4 is 11.6 Å². The quantitative estimate of drug-likeness (QED) is 0.898. The number of amides is 1. The van der Waals surface area contributed by atoms with Gasteiger partial charge in [0.25, 0.3) is 5.91 Å². The standard InChI is InChI=1S/C20H24N2O3/c1-21(14-16-4-2-3-5-19(16)24)20(25)15-6-8-17(9-7-15)22-12-10-18(23)11-13-22/h2-9,18,23-24H,10-14H2,1H3. The van der Waals surface area contributed by atoms with Gasteiger partial charge in [-0.05, 0) is 43.2 Å². The Morgan fingerprint density at radius 2 is 1.76 bits per heavy atom. The van der Waals surface area contributed by atoms with Crippen molar-refractivity contribution in [2.75, 3.05) is 25.0 Å². The van der Waals surface area contributed by atoms with E-state index in [0.717, 1.165) is 37.2 Å². The molecule has 0 saturated carbocycles. The maximum absolute atomic E-state index is 12.6. The number of piperidine rings is 1. The van der Waals surface area contributed by atoms with Crippen molar-refractivity contribution in [3.05, 3.63) is 59.7 Å². The lowest BCUT2D eigenvalue weighted by atomic mass is 10.1. The molecule has 1 fully saturated rings. The lowest BCUT2D eigenvalue weighted by Crippen LogP contribution is -2.35. The van der Waals surface area contributed by atoms with Crippen molar-refractivity contribution in [2.24, 2.45) is 0 Å². The number of para-hydroxylation sites is 1. The summed E-state index contributed by atoms with van der Waals surface area (Å²) >= 11 is 0. The van der Waals surface area contributed by atoms with E-state index in [1.165, 1.54) is 0 Å². The number of aliphatic hydroxyl groups excluding tert-OH is 1. The summed E-state index contributed by atoms with van der Waals surface area (Å²) in [5, 5.41) is 19.4. The summed E-state index contributed by atoms with van der Waals surface area (Å²) in [6, 6.07) is 14.6. The van der Waals surface area contributed by atoms with Crippen molar-refractivity contribution in [3.8, 4) is 5.75 Å². The predicted molar refractivity (Wildman–Crippen MR) is 97.8 cm³/mol. The lowest BCUT2D eigenvalue weighted by Gasteiger charge is -2.31. The van der Waals surface area contributed by atoms with E-state index in [1.54, 1.807) is 24.1 Å². The summed E-state index contributed by atoms with van der Waals surface area (Å²) in [6.07, 6.45) is 1.37. The summed E-state index contributed by atoms with van der Waals surface area (Å²) in [4.78, 5) is 16.4. The van der Waals surface area contributed by atoms with Gasteiger partial charge in [0, 0.05) is 43.5 Å². The number of hydrogen-bond donors (Lipinski definition) is 2. The van der Waals surface area contributed by atoms with Gasteiger partial charge >= 0.3 is 0 Å². The third-order valence-electron chi connectivity index (χ3n) is 4.69. The number of rotatable bonds is 4. The minimum atomic E-state index is -0.194. The average Bonchev–Trinajstić information content (AvgIpc) is 2.64. The highest BCUT2D eigenvalue weighted by Gasteiger charge is 2.18. The topological polar surface area (TPSA) is 64.0 Å². The van der Waals surface area contributed by atoms with E-state index in [2.05, 4.69) is 4.90 Å². The highest BCUT2D eigenvalue weighted by atomic mass is 16.3. The summed E-state index contributed by atoms with van der Waals surface area (Å²) < 4.78 is 0. The number of phenolic OH excluding ortho intramolecular Hbond substituents is 1. The molecule has 5 heteroatoms. The Labute approximate surface area is 148 Å². The lowest BCUT2D eigenvalue weighted by molar-refractivity contribution is 0.0784. The SMILES string of the molecule is CN(Cc1ccccc1O)C(=O)c1ccc(N2CCC(O)CC2)cc1. The zero-order valence-electron chi connectivity index (χ0n) is 14.4. The van der Waals surface area contributed by atoms with Gasteiger partial charge in [-0.1, -0.05) is 18.2 Å². The summed E-state index contributed by atoms with van der Waals surface area (Å²) in [7, 11) is 1.73. The first-order chi connectivity index (χ1) is 12.0. The largest absolute Gasteiger partial charge is 0.508 e. The van der Waals surface area contributed by atoms with Gasteiger partial charge < -0.3 is 20.0 Å². The fourth-order valence-corrected chi connectivity index (χ4v) is 3.13. The predicted octanol–water partition coefficient (Wildman–Crippen LogP) is 2.63. The Balaban J connectivity index is 1.65. The van der Waals surface area contributed by atoms with Crippen molar-refractivity contribution in [3.63, 3.8) is 0 Å². The Hall–Kier alpha value is -2.53. The normalized spacial score (nSPS) is 15.2. The molecule has 0 bridgehead atoms. The van der Waals surface area contributed by atoms with Crippen LogP contribution in [-0.4, -0.2) is 47.3 Å². The van der Waals surface area contributed by atoms with E-state index in [-0.39, 0.29) is 17.8 Å². The second kappa shape index (κ2) is 7.57. The first kappa shape index (κ1) is 17.3. The fraction of sp³-hybridized carbons (Fsp3) is 0.350. The van der Waals surface area contributed by atoms with E-state index < -0.39 is 0 Å². The van der Waals surface area contributed by atoms with Gasteiger partial charge in [-0.15, -0.1) is 0 Å². The van der Waals surface area contributed by atoms with Crippen LogP contribution >= 0.6 is 0 Å². The van der Waals surface area contributed by atoms with Crippen molar-refractivity contribution in [1.29, 1.82) is 0 Å². The first-order valence-electron chi connectivity index (χ1n) is 8.60. The maximum atomic E-state index is 12.6. The molecule has 132 valence electrons. The number of carbonyl (C=O) groups excluding carboxylic acids is 1. The van der Waals surface area contributed by atoms with Gasteiger partial charge in [-0.3, -0.25) is 4.79 Å². The number of nitrogens with zero attached hydrogens (tertiary/aromatic N) is 2. The van der Waals surface area contributed by atoms with Crippen LogP contribution in [0, 0.1) is 0 Å². The average molecular weight is 340 g/mol. The number of benzene rings is 2. The monoisotopic (exact) mass is 340 g/mol. The highest BCUT2D eigenvalue weighted by Crippen LogP contribution is 2.22. The van der Waals surface area contributed by atoms with E-state index in [9.17, 15) is 15.0 Å². The second-order valence-corrected chi connectivity index (χ2v) is 6.56. The molecule has 2 N–H and O–H groups in total. The summed E-state index contributed by atoms with van der Waals surface area (Å²) in [6.45, 7) is 2.03. The summed E-state index contributed by atoms with van der Waals surface area (Å²) in [5.41, 5.74) is 2.42. The molecule has 0 radical (unpaired) electrons. The molecule has 0 atom stereocenters. The van der Waals surface area contributed by atoms with Crippen LogP contribution in [0.3, 0.4) is 0 Å². The van der Waals surface area contributed by atoms with E-state index >= 15 is 0 Å². The molecule has 1 amide bonds. The number of hydrogen-bond acceptors (Lipinski definition) is 4. The molecule has 1 saturated heterocycles. The fourth-order valence-electron chi connectivity index (χ4n) is 3.13. The van der Waals surface area contributed by atoms with E-state index in [0.29, 0.717) is 12.1 Å².